The van der Waals surface area contributed by atoms with E-state index < -0.39 is 0 Å². The first-order chi connectivity index (χ1) is 13.2. The summed E-state index contributed by atoms with van der Waals surface area (Å²) in [5.74, 6) is 0.630. The first-order valence-electron chi connectivity index (χ1n) is 9.71. The monoisotopic (exact) mass is 367 g/mol. The SMILES string of the molecule is O=C([C@H]1CCOC1)N1CCC(Cn2nc(-c3ccccc3)ccc2=O)CC1. The molecule has 0 saturated carbocycles. The lowest BCUT2D eigenvalue weighted by atomic mass is 9.95. The third-order valence-electron chi connectivity index (χ3n) is 5.57. The molecule has 3 heterocycles. The van der Waals surface area contributed by atoms with Crippen molar-refractivity contribution in [3.63, 3.8) is 0 Å². The van der Waals surface area contributed by atoms with Gasteiger partial charge in [0.1, 0.15) is 0 Å². The molecule has 0 unspecified atom stereocenters. The molecule has 27 heavy (non-hydrogen) atoms. The highest BCUT2D eigenvalue weighted by atomic mass is 16.5. The average Bonchev–Trinajstić information content (AvgIpc) is 3.25. The Labute approximate surface area is 158 Å². The van der Waals surface area contributed by atoms with Crippen LogP contribution in [-0.4, -0.2) is 46.9 Å². The van der Waals surface area contributed by atoms with Crippen LogP contribution in [0.15, 0.2) is 47.3 Å². The quantitative estimate of drug-likeness (QED) is 0.831. The third-order valence-corrected chi connectivity index (χ3v) is 5.57. The minimum atomic E-state index is -0.0729. The lowest BCUT2D eigenvalue weighted by Gasteiger charge is -2.33. The van der Waals surface area contributed by atoms with Crippen LogP contribution in [0.5, 0.6) is 0 Å². The molecule has 1 atom stereocenters. The van der Waals surface area contributed by atoms with Gasteiger partial charge in [-0.3, -0.25) is 9.59 Å². The van der Waals surface area contributed by atoms with Crippen molar-refractivity contribution in [2.45, 2.75) is 25.8 Å². The van der Waals surface area contributed by atoms with E-state index in [9.17, 15) is 9.59 Å². The Morgan fingerprint density at radius 3 is 2.56 bits per heavy atom. The van der Waals surface area contributed by atoms with Gasteiger partial charge in [-0.15, -0.1) is 0 Å². The Morgan fingerprint density at radius 2 is 1.85 bits per heavy atom. The van der Waals surface area contributed by atoms with Gasteiger partial charge in [0.05, 0.1) is 18.2 Å². The first kappa shape index (κ1) is 17.9. The van der Waals surface area contributed by atoms with E-state index in [1.54, 1.807) is 16.8 Å². The van der Waals surface area contributed by atoms with Gasteiger partial charge in [-0.2, -0.15) is 5.10 Å². The topological polar surface area (TPSA) is 64.4 Å². The van der Waals surface area contributed by atoms with Crippen molar-refractivity contribution in [1.82, 2.24) is 14.7 Å². The van der Waals surface area contributed by atoms with Crippen LogP contribution in [0.1, 0.15) is 19.3 Å². The molecule has 1 aromatic heterocycles. The Balaban J connectivity index is 1.39. The molecule has 0 bridgehead atoms. The van der Waals surface area contributed by atoms with Crippen molar-refractivity contribution >= 4 is 5.91 Å². The summed E-state index contributed by atoms with van der Waals surface area (Å²) in [7, 11) is 0. The number of hydrogen-bond donors (Lipinski definition) is 0. The van der Waals surface area contributed by atoms with Gasteiger partial charge in [-0.05, 0) is 31.2 Å². The van der Waals surface area contributed by atoms with E-state index in [1.165, 1.54) is 0 Å². The second-order valence-electron chi connectivity index (χ2n) is 7.43. The van der Waals surface area contributed by atoms with E-state index in [2.05, 4.69) is 5.10 Å². The Morgan fingerprint density at radius 1 is 1.07 bits per heavy atom. The molecule has 6 nitrogen and oxygen atoms in total. The van der Waals surface area contributed by atoms with Gasteiger partial charge < -0.3 is 9.64 Å². The number of nitrogens with zero attached hydrogens (tertiary/aromatic N) is 3. The molecule has 4 rings (SSSR count). The number of aromatic nitrogens is 2. The molecule has 1 amide bonds. The van der Waals surface area contributed by atoms with Crippen molar-refractivity contribution in [3.8, 4) is 11.3 Å². The number of hydrogen-bond acceptors (Lipinski definition) is 4. The number of ether oxygens (including phenoxy) is 1. The van der Waals surface area contributed by atoms with Crippen molar-refractivity contribution in [2.24, 2.45) is 11.8 Å². The molecule has 0 spiro atoms. The smallest absolute Gasteiger partial charge is 0.266 e. The summed E-state index contributed by atoms with van der Waals surface area (Å²) in [4.78, 5) is 26.7. The molecule has 0 N–H and O–H groups in total. The molecule has 0 aliphatic carbocycles. The van der Waals surface area contributed by atoms with Crippen LogP contribution in [-0.2, 0) is 16.1 Å². The summed E-state index contributed by atoms with van der Waals surface area (Å²) >= 11 is 0. The summed E-state index contributed by atoms with van der Waals surface area (Å²) in [5.41, 5.74) is 1.74. The number of carbonyl (C=O) groups excluding carboxylic acids is 1. The van der Waals surface area contributed by atoms with E-state index >= 15 is 0 Å². The molecule has 2 aliphatic rings. The van der Waals surface area contributed by atoms with Crippen LogP contribution in [0.4, 0.5) is 0 Å². The summed E-state index contributed by atoms with van der Waals surface area (Å²) in [6.07, 6.45) is 2.65. The molecule has 2 saturated heterocycles. The van der Waals surface area contributed by atoms with E-state index in [4.69, 9.17) is 4.74 Å². The molecule has 6 heteroatoms. The highest BCUT2D eigenvalue weighted by Gasteiger charge is 2.30. The molecule has 2 aliphatic heterocycles. The fourth-order valence-corrected chi connectivity index (χ4v) is 3.91. The zero-order valence-electron chi connectivity index (χ0n) is 15.4. The minimum Gasteiger partial charge on any atom is -0.381 e. The number of amides is 1. The van der Waals surface area contributed by atoms with Gasteiger partial charge in [-0.1, -0.05) is 30.3 Å². The lowest BCUT2D eigenvalue weighted by Crippen LogP contribution is -2.43. The second-order valence-corrected chi connectivity index (χ2v) is 7.43. The zero-order chi connectivity index (χ0) is 18.6. The zero-order valence-corrected chi connectivity index (χ0v) is 15.4. The number of rotatable bonds is 4. The van der Waals surface area contributed by atoms with Crippen LogP contribution in [0, 0.1) is 11.8 Å². The van der Waals surface area contributed by atoms with Crippen LogP contribution in [0.25, 0.3) is 11.3 Å². The normalized spacial score (nSPS) is 20.7. The number of piperidine rings is 1. The summed E-state index contributed by atoms with van der Waals surface area (Å²) in [5, 5.41) is 4.56. The summed E-state index contributed by atoms with van der Waals surface area (Å²) in [6.45, 7) is 3.37. The molecule has 1 aromatic carbocycles. The fourth-order valence-electron chi connectivity index (χ4n) is 3.91. The Bertz CT molecular complexity index is 835. The van der Waals surface area contributed by atoms with Crippen LogP contribution >= 0.6 is 0 Å². The number of carbonyl (C=O) groups is 1. The highest BCUT2D eigenvalue weighted by molar-refractivity contribution is 5.79. The summed E-state index contributed by atoms with van der Waals surface area (Å²) < 4.78 is 6.91. The first-order valence-corrected chi connectivity index (χ1v) is 9.71. The molecular weight excluding hydrogens is 342 g/mol. The average molecular weight is 367 g/mol. The van der Waals surface area contributed by atoms with Gasteiger partial charge in [0.15, 0.2) is 0 Å². The van der Waals surface area contributed by atoms with E-state index in [0.717, 1.165) is 43.6 Å². The van der Waals surface area contributed by atoms with E-state index in [0.29, 0.717) is 25.7 Å². The predicted octanol–water partition coefficient (Wildman–Crippen LogP) is 2.19. The predicted molar refractivity (Wildman–Crippen MR) is 102 cm³/mol. The molecule has 2 fully saturated rings. The maximum absolute atomic E-state index is 12.5. The van der Waals surface area contributed by atoms with Gasteiger partial charge in [-0.25, -0.2) is 4.68 Å². The summed E-state index contributed by atoms with van der Waals surface area (Å²) in [6, 6.07) is 13.3. The number of benzene rings is 1. The maximum atomic E-state index is 12.5. The van der Waals surface area contributed by atoms with Gasteiger partial charge in [0.2, 0.25) is 5.91 Å². The molecular formula is C21H25N3O3. The van der Waals surface area contributed by atoms with Crippen molar-refractivity contribution in [3.05, 3.63) is 52.8 Å². The van der Waals surface area contributed by atoms with Crippen LogP contribution in [0.3, 0.4) is 0 Å². The van der Waals surface area contributed by atoms with Gasteiger partial charge in [0, 0.05) is 37.9 Å². The molecule has 2 aromatic rings. The minimum absolute atomic E-state index is 0.0355. The second kappa shape index (κ2) is 8.05. The molecule has 0 radical (unpaired) electrons. The van der Waals surface area contributed by atoms with Crippen molar-refractivity contribution in [2.75, 3.05) is 26.3 Å². The maximum Gasteiger partial charge on any atom is 0.266 e. The molecule has 142 valence electrons. The third kappa shape index (κ3) is 4.11. The standard InChI is InChI=1S/C21H25N3O3/c25-20-7-6-19(17-4-2-1-3-5-17)22-24(20)14-16-8-11-23(12-9-16)21(26)18-10-13-27-15-18/h1-7,16,18H,8-15H2/t18-/m0/s1. The number of likely N-dealkylation sites (tertiary alicyclic amines) is 1. The Hall–Kier alpha value is -2.47. The Kier molecular flexibility index (Phi) is 5.34. The van der Waals surface area contributed by atoms with E-state index in [1.807, 2.05) is 35.2 Å². The van der Waals surface area contributed by atoms with Crippen molar-refractivity contribution in [1.29, 1.82) is 0 Å². The fraction of sp³-hybridized carbons (Fsp3) is 0.476. The van der Waals surface area contributed by atoms with E-state index in [-0.39, 0.29) is 17.4 Å². The van der Waals surface area contributed by atoms with Crippen LogP contribution < -0.4 is 5.56 Å². The van der Waals surface area contributed by atoms with Gasteiger partial charge in [0.25, 0.3) is 5.56 Å². The highest BCUT2D eigenvalue weighted by Crippen LogP contribution is 2.23. The lowest BCUT2D eigenvalue weighted by molar-refractivity contribution is -0.137. The largest absolute Gasteiger partial charge is 0.381 e. The van der Waals surface area contributed by atoms with Crippen molar-refractivity contribution < 1.29 is 9.53 Å². The van der Waals surface area contributed by atoms with Gasteiger partial charge >= 0.3 is 0 Å². The van der Waals surface area contributed by atoms with Crippen LogP contribution in [0.2, 0.25) is 0 Å².